The maximum Gasteiger partial charge on any atom is 0.244 e. The zero-order valence-corrected chi connectivity index (χ0v) is 82.9. The summed E-state index contributed by atoms with van der Waals surface area (Å²) in [5.74, 6) is 11.5. The van der Waals surface area contributed by atoms with Gasteiger partial charge in [0.2, 0.25) is 5.89 Å². The zero-order valence-electron chi connectivity index (χ0n) is 82.9. The van der Waals surface area contributed by atoms with Gasteiger partial charge >= 0.3 is 0 Å². The van der Waals surface area contributed by atoms with E-state index in [0.717, 1.165) is 387 Å². The number of nitrogens with zero attached hydrogens (tertiary/aromatic N) is 27. The zero-order chi connectivity index (χ0) is 99.1. The number of nitrogens with two attached hydrogens (primary N) is 4. The van der Waals surface area contributed by atoms with Gasteiger partial charge in [-0.3, -0.25) is 39.6 Å². The summed E-state index contributed by atoms with van der Waals surface area (Å²) in [6.07, 6.45) is 31.3. The minimum absolute atomic E-state index is 0.0881. The molecule has 4 fully saturated rings. The Morgan fingerprint density at radius 1 is 0.318 bits per heavy atom. The summed E-state index contributed by atoms with van der Waals surface area (Å²) in [7, 11) is 1.92. The molecule has 748 valence electrons. The van der Waals surface area contributed by atoms with E-state index in [-0.39, 0.29) is 46.6 Å². The number of rotatable bonds is 6. The van der Waals surface area contributed by atoms with Gasteiger partial charge in [-0.25, -0.2) is 49.8 Å². The van der Waals surface area contributed by atoms with Gasteiger partial charge in [-0.2, -0.15) is 5.10 Å². The van der Waals surface area contributed by atoms with E-state index in [1.54, 1.807) is 17.1 Å². The molecule has 30 rings (SSSR count). The number of aliphatic imine (C=N–C) groups is 4. The minimum atomic E-state index is -0.344. The number of oxazole rings is 1. The molecule has 0 aliphatic carbocycles. The smallest absolute Gasteiger partial charge is 0.244 e. The van der Waals surface area contributed by atoms with Crippen LogP contribution >= 0.6 is 0 Å². The first-order valence-corrected chi connectivity index (χ1v) is 52.3. The molecule has 10 aromatic heterocycles. The van der Waals surface area contributed by atoms with E-state index in [1.807, 2.05) is 141 Å². The third-order valence-corrected chi connectivity index (χ3v) is 32.9. The van der Waals surface area contributed by atoms with E-state index < -0.39 is 0 Å². The molecule has 36 heteroatoms. The largest absolute Gasteiger partial charge is 0.485 e. The minimum Gasteiger partial charge on any atom is -0.485 e. The molecule has 0 saturated carbocycles. The average Bonchev–Trinajstić information content (AvgIpc) is 1.60. The van der Waals surface area contributed by atoms with Crippen LogP contribution in [0.25, 0.3) is 22.8 Å². The molecule has 0 unspecified atom stereocenters. The van der Waals surface area contributed by atoms with Crippen molar-refractivity contribution in [2.75, 3.05) is 118 Å². The van der Waals surface area contributed by atoms with Crippen molar-refractivity contribution in [1.29, 1.82) is 0 Å². The van der Waals surface area contributed by atoms with Crippen molar-refractivity contribution in [2.45, 2.75) is 182 Å². The van der Waals surface area contributed by atoms with Gasteiger partial charge in [0.1, 0.15) is 103 Å². The number of fused-ring (bicyclic) bond motifs is 12. The normalized spacial score (nSPS) is 21.3. The Morgan fingerprint density at radius 2 is 0.669 bits per heavy atom. The van der Waals surface area contributed by atoms with E-state index in [0.29, 0.717) is 32.1 Å². The lowest BCUT2D eigenvalue weighted by Crippen LogP contribution is -2.51. The fraction of sp³-hybridized carbons (Fsp3) is 0.375. The summed E-state index contributed by atoms with van der Waals surface area (Å²) in [5.41, 5.74) is 49.5. The summed E-state index contributed by atoms with van der Waals surface area (Å²) in [5, 5.41) is 4.30. The van der Waals surface area contributed by atoms with Gasteiger partial charge < -0.3 is 85.5 Å². The lowest BCUT2D eigenvalue weighted by atomic mass is 9.83. The number of aromatic nitrogens is 15. The first kappa shape index (κ1) is 91.1. The van der Waals surface area contributed by atoms with Crippen LogP contribution in [0.1, 0.15) is 197 Å². The third-order valence-electron chi connectivity index (χ3n) is 32.9. The molecular formula is C112H115N31O5. The molecular weight excluding hydrogens is 1860 g/mol. The topological polar surface area (TPSA) is 415 Å². The summed E-state index contributed by atoms with van der Waals surface area (Å²) >= 11 is 0. The number of hydrogen-bond donors (Lipinski definition) is 4. The van der Waals surface area contributed by atoms with Crippen molar-refractivity contribution in [3.8, 4) is 45.8 Å². The Morgan fingerprint density at radius 3 is 1.04 bits per heavy atom. The maximum absolute atomic E-state index is 6.67. The Labute approximate surface area is 856 Å². The fourth-order valence-electron chi connectivity index (χ4n) is 24.9. The van der Waals surface area contributed by atoms with Crippen molar-refractivity contribution in [1.82, 2.24) is 74.6 Å². The van der Waals surface area contributed by atoms with Crippen LogP contribution in [0.4, 0.5) is 46.0 Å². The summed E-state index contributed by atoms with van der Waals surface area (Å²) in [6.45, 7) is 14.5. The second kappa shape index (κ2) is 36.8. The molecule has 4 atom stereocenters. The SMILES string of the molecule is Cc1nc2c(nc1N1CCC3(CC1)Oc1ccccc1[C@H]3N)CN=C2N1CCCc2ncccc21.Cn1cc(-c2ccc3c(n2)CCCN3C2=NCc3nc(N4CCC5(CC4)Oc4ccccc4[C@H]5N)cnc32)cn1.N[C@@H]1c2ccccc2OC12CCN(c1cnc3c(n1)CN=C3N1CCCc3nc(-c4ncco4)ccc31)CC2.N[C@@H]1c2ccccc2OC12CCN(c1cnc3c(n1)CN=C3N1CCCc3ncccc31)CC2. The highest BCUT2D eigenvalue weighted by Crippen LogP contribution is 2.53. The molecule has 148 heavy (non-hydrogen) atoms. The number of para-hydroxylation sites is 4. The number of pyridine rings is 4. The van der Waals surface area contributed by atoms with Crippen LogP contribution in [-0.4, -0.2) is 199 Å². The second-order valence-electron chi connectivity index (χ2n) is 41.3. The van der Waals surface area contributed by atoms with E-state index in [9.17, 15) is 0 Å². The first-order chi connectivity index (χ1) is 72.6. The Balaban J connectivity index is 0.0000000976. The van der Waals surface area contributed by atoms with Crippen LogP contribution in [0.15, 0.2) is 226 Å². The van der Waals surface area contributed by atoms with Crippen LogP contribution in [0.2, 0.25) is 0 Å². The van der Waals surface area contributed by atoms with Gasteiger partial charge in [0.05, 0.1) is 161 Å². The van der Waals surface area contributed by atoms with Gasteiger partial charge in [-0.1, -0.05) is 72.8 Å². The Hall–Kier alpha value is -15.7. The highest BCUT2D eigenvalue weighted by molar-refractivity contribution is 6.14. The lowest BCUT2D eigenvalue weighted by Gasteiger charge is -2.41. The van der Waals surface area contributed by atoms with E-state index in [4.69, 9.17) is 116 Å². The van der Waals surface area contributed by atoms with Crippen molar-refractivity contribution < 1.29 is 23.4 Å². The molecule has 16 aliphatic heterocycles. The monoisotopic (exact) mass is 1970 g/mol. The second-order valence-corrected chi connectivity index (χ2v) is 41.3. The number of piperidine rings is 4. The van der Waals surface area contributed by atoms with Gasteiger partial charge in [0.25, 0.3) is 0 Å². The molecule has 0 radical (unpaired) electrons. The number of amidine groups is 4. The van der Waals surface area contributed by atoms with Crippen LogP contribution in [-0.2, 0) is 58.9 Å². The lowest BCUT2D eigenvalue weighted by molar-refractivity contribution is 0.0429. The van der Waals surface area contributed by atoms with Gasteiger partial charge in [-0.15, -0.1) is 0 Å². The predicted molar refractivity (Wildman–Crippen MR) is 564 cm³/mol. The van der Waals surface area contributed by atoms with Crippen molar-refractivity contribution in [3.63, 3.8) is 0 Å². The van der Waals surface area contributed by atoms with Crippen LogP contribution in [0.3, 0.4) is 0 Å². The van der Waals surface area contributed by atoms with E-state index in [2.05, 4.69) is 121 Å². The molecule has 4 aromatic carbocycles. The molecule has 26 heterocycles. The molecule has 4 saturated heterocycles. The molecule has 8 N–H and O–H groups in total. The quantitative estimate of drug-likeness (QED) is 0.120. The standard InChI is InChI=1S/C30H31N9O.C29H28N8O2.C27H29N7O.C26H27N7O/c1-37-18-19(15-34-37)21-8-9-24-22(35-21)6-4-12-39(24)29-27-23(16-33-29)36-26(17-32-27)38-13-10-30(11-14-38)28(31)20-5-2-3-7-25(20)40-30;30-26-18-4-1-2-6-23(18)39-29(26)9-13-36(14-10-29)24-17-32-25-21(35-24)16-33-27(25)37-12-3-5-19-22(37)8-7-20(34-19)28-31-11-15-38-28;1-17-25(33-14-10-27(11-15-33)24(28)18-6-2-3-9-22(18)35-27)32-20-16-30-26(23(20)31-17)34-13-5-7-19-21(34)8-4-12-29-19;27-24-17-5-1-2-8-21(17)34-26(24)9-13-32(14-10-26)22-16-29-23-19(31-22)15-30-25(23)33-12-4-6-18-20(33)7-3-11-28-18/h2-3,5,7-9,15,17-18,28H,4,6,10-14,16,31H2,1H3;1-2,4,6-8,11,15,17,26H,3,5,9-10,12-14,16,30H2;2-4,6,8-9,12,24H,5,7,10-11,13-16,28H2,1H3;1-3,5,7-8,11,16,24H,4,6,9-10,12-15,27H2/t28-;26-;2*24-/m1111/s1. The molecule has 36 nitrogen and oxygen atoms in total. The van der Waals surface area contributed by atoms with Crippen LogP contribution in [0.5, 0.6) is 23.0 Å². The molecule has 0 bridgehead atoms. The molecule has 14 aromatic rings. The summed E-state index contributed by atoms with van der Waals surface area (Å²) < 4.78 is 32.9. The fourth-order valence-corrected chi connectivity index (χ4v) is 24.9. The number of anilines is 8. The van der Waals surface area contributed by atoms with Crippen molar-refractivity contribution >= 4 is 69.4 Å². The molecule has 16 aliphatic rings. The molecule has 0 amide bonds. The highest BCUT2D eigenvalue weighted by atomic mass is 16.5. The Bertz CT molecular complexity index is 7660. The first-order valence-electron chi connectivity index (χ1n) is 52.3. The van der Waals surface area contributed by atoms with E-state index in [1.165, 1.54) is 0 Å². The average molecular weight is 1980 g/mol. The highest BCUT2D eigenvalue weighted by Gasteiger charge is 2.54. The summed E-state index contributed by atoms with van der Waals surface area (Å²) in [6, 6.07) is 48.7. The number of benzene rings is 4. The van der Waals surface area contributed by atoms with Gasteiger partial charge in [0.15, 0.2) is 23.3 Å². The van der Waals surface area contributed by atoms with Crippen LogP contribution in [0, 0.1) is 6.92 Å². The van der Waals surface area contributed by atoms with Crippen molar-refractivity contribution in [3.05, 3.63) is 298 Å². The van der Waals surface area contributed by atoms with Crippen LogP contribution < -0.4 is 81.1 Å². The number of ether oxygens (including phenoxy) is 4. The van der Waals surface area contributed by atoms with Gasteiger partial charge in [-0.05, 0) is 131 Å². The summed E-state index contributed by atoms with van der Waals surface area (Å²) in [4.78, 5) is 101. The number of hydrogen-bond acceptors (Lipinski definition) is 35. The predicted octanol–water partition coefficient (Wildman–Crippen LogP) is 13.4. The molecule has 4 spiro atoms. The maximum atomic E-state index is 6.67. The van der Waals surface area contributed by atoms with Crippen molar-refractivity contribution in [2.24, 2.45) is 50.0 Å². The van der Waals surface area contributed by atoms with E-state index >= 15 is 0 Å². The third kappa shape index (κ3) is 15.8. The Kier molecular flexibility index (Phi) is 22.6. The number of aryl methyl sites for hydroxylation is 6. The van der Waals surface area contributed by atoms with Gasteiger partial charge in [0, 0.05) is 183 Å².